The van der Waals surface area contributed by atoms with Gasteiger partial charge in [0.15, 0.2) is 0 Å². The zero-order valence-corrected chi connectivity index (χ0v) is 12.0. The summed E-state index contributed by atoms with van der Waals surface area (Å²) in [5, 5.41) is -0.0651. The van der Waals surface area contributed by atoms with Gasteiger partial charge in [-0.15, -0.1) is 11.6 Å². The second-order valence-electron chi connectivity index (χ2n) is 5.05. The number of imidazole rings is 1. The van der Waals surface area contributed by atoms with Crippen molar-refractivity contribution in [3.05, 3.63) is 48.0 Å². The molecule has 0 saturated carbocycles. The van der Waals surface area contributed by atoms with E-state index in [0.717, 1.165) is 17.1 Å². The number of aromatic nitrogens is 2. The van der Waals surface area contributed by atoms with Crippen LogP contribution < -0.4 is 0 Å². The molecule has 0 radical (unpaired) electrons. The molecule has 1 fully saturated rings. The number of para-hydroxylation sites is 1. The Morgan fingerprint density at radius 2 is 2.20 bits per heavy atom. The molecule has 1 aliphatic rings. The summed E-state index contributed by atoms with van der Waals surface area (Å²) in [7, 11) is 0. The first-order chi connectivity index (χ1) is 9.65. The minimum absolute atomic E-state index is 0.0651. The molecule has 1 aliphatic heterocycles. The summed E-state index contributed by atoms with van der Waals surface area (Å²) in [6.07, 6.45) is 4.15. The van der Waals surface area contributed by atoms with Gasteiger partial charge in [0.1, 0.15) is 5.82 Å². The number of likely N-dealkylation sites (tertiary alicyclic amines) is 1. The van der Waals surface area contributed by atoms with E-state index in [4.69, 9.17) is 11.6 Å². The molecule has 2 heterocycles. The maximum Gasteiger partial charge on any atom is 0.224 e. The molecule has 20 heavy (non-hydrogen) atoms. The summed E-state index contributed by atoms with van der Waals surface area (Å²) in [5.74, 6) is 1.06. The molecule has 5 heteroatoms. The number of alkyl halides is 1. The molecule has 1 unspecified atom stereocenters. The normalized spacial score (nSPS) is 18.8. The van der Waals surface area contributed by atoms with Gasteiger partial charge in [-0.25, -0.2) is 4.98 Å². The van der Waals surface area contributed by atoms with E-state index in [0.29, 0.717) is 19.5 Å². The van der Waals surface area contributed by atoms with E-state index in [2.05, 4.69) is 4.98 Å². The van der Waals surface area contributed by atoms with Crippen molar-refractivity contribution in [2.24, 2.45) is 0 Å². The van der Waals surface area contributed by atoms with Crippen molar-refractivity contribution in [3.63, 3.8) is 0 Å². The molecule has 1 atom stereocenters. The Balaban J connectivity index is 1.91. The van der Waals surface area contributed by atoms with E-state index in [1.807, 2.05) is 46.9 Å². The molecule has 1 amide bonds. The number of nitrogens with zero attached hydrogens (tertiary/aromatic N) is 3. The lowest BCUT2D eigenvalue weighted by Gasteiger charge is -2.19. The number of rotatable bonds is 3. The molecule has 2 aromatic rings. The summed E-state index contributed by atoms with van der Waals surface area (Å²) < 4.78 is 2.04. The highest BCUT2D eigenvalue weighted by Crippen LogP contribution is 2.22. The van der Waals surface area contributed by atoms with Gasteiger partial charge < -0.3 is 9.47 Å². The van der Waals surface area contributed by atoms with Gasteiger partial charge in [-0.2, -0.15) is 0 Å². The number of aryl methyl sites for hydroxylation is 1. The number of hydrogen-bond donors (Lipinski definition) is 0. The third-order valence-corrected chi connectivity index (χ3v) is 3.90. The quantitative estimate of drug-likeness (QED) is 0.815. The van der Waals surface area contributed by atoms with Gasteiger partial charge in [0.2, 0.25) is 5.91 Å². The van der Waals surface area contributed by atoms with Crippen molar-refractivity contribution in [2.45, 2.75) is 25.3 Å². The van der Waals surface area contributed by atoms with Crippen LogP contribution >= 0.6 is 11.6 Å². The zero-order valence-electron chi connectivity index (χ0n) is 11.3. The van der Waals surface area contributed by atoms with Gasteiger partial charge in [-0.3, -0.25) is 4.79 Å². The van der Waals surface area contributed by atoms with Crippen molar-refractivity contribution in [1.82, 2.24) is 14.5 Å². The highest BCUT2D eigenvalue weighted by molar-refractivity contribution is 6.22. The fourth-order valence-electron chi connectivity index (χ4n) is 2.59. The van der Waals surface area contributed by atoms with Gasteiger partial charge in [-0.1, -0.05) is 18.2 Å². The number of amides is 1. The fourth-order valence-corrected chi connectivity index (χ4v) is 2.89. The van der Waals surface area contributed by atoms with E-state index in [1.165, 1.54) is 0 Å². The number of carbonyl (C=O) groups is 1. The summed E-state index contributed by atoms with van der Waals surface area (Å²) in [6, 6.07) is 8.07. The first-order valence-electron chi connectivity index (χ1n) is 6.65. The standard InChI is InChI=1S/C15H16ClN3O/c1-11-17-6-7-19(11)14-5-3-2-4-12(14)9-18-10-13(16)8-15(18)20/h2-7,13H,8-10H2,1H3. The predicted octanol–water partition coefficient (Wildman–Crippen LogP) is 2.52. The van der Waals surface area contributed by atoms with Crippen LogP contribution in [0.5, 0.6) is 0 Å². The molecule has 104 valence electrons. The second kappa shape index (κ2) is 5.29. The van der Waals surface area contributed by atoms with Gasteiger partial charge in [0, 0.05) is 31.9 Å². The van der Waals surface area contributed by atoms with Gasteiger partial charge in [0.25, 0.3) is 0 Å². The molecule has 0 spiro atoms. The lowest BCUT2D eigenvalue weighted by molar-refractivity contribution is -0.128. The van der Waals surface area contributed by atoms with Crippen LogP contribution in [0.4, 0.5) is 0 Å². The maximum absolute atomic E-state index is 11.9. The van der Waals surface area contributed by atoms with E-state index >= 15 is 0 Å². The minimum Gasteiger partial charge on any atom is -0.337 e. The molecule has 4 nitrogen and oxygen atoms in total. The Kier molecular flexibility index (Phi) is 3.49. The molecular formula is C15H16ClN3O. The summed E-state index contributed by atoms with van der Waals surface area (Å²) >= 11 is 6.05. The Labute approximate surface area is 123 Å². The third kappa shape index (κ3) is 2.43. The molecule has 0 bridgehead atoms. The van der Waals surface area contributed by atoms with Gasteiger partial charge >= 0.3 is 0 Å². The van der Waals surface area contributed by atoms with Crippen LogP contribution in [0.3, 0.4) is 0 Å². The number of hydrogen-bond acceptors (Lipinski definition) is 2. The van der Waals surface area contributed by atoms with Crippen molar-refractivity contribution >= 4 is 17.5 Å². The summed E-state index contributed by atoms with van der Waals surface area (Å²) in [4.78, 5) is 18.0. The van der Waals surface area contributed by atoms with Crippen LogP contribution in [-0.2, 0) is 11.3 Å². The first-order valence-corrected chi connectivity index (χ1v) is 7.09. The van der Waals surface area contributed by atoms with Crippen LogP contribution in [0.1, 0.15) is 17.8 Å². The molecule has 1 saturated heterocycles. The van der Waals surface area contributed by atoms with Crippen LogP contribution in [-0.4, -0.2) is 32.3 Å². The Hall–Kier alpha value is -1.81. The number of carbonyl (C=O) groups excluding carboxylic acids is 1. The van der Waals surface area contributed by atoms with Crippen LogP contribution in [0.15, 0.2) is 36.7 Å². The van der Waals surface area contributed by atoms with E-state index in [9.17, 15) is 4.79 Å². The average molecular weight is 290 g/mol. The molecule has 1 aromatic heterocycles. The SMILES string of the molecule is Cc1nccn1-c1ccccc1CN1CC(Cl)CC1=O. The lowest BCUT2D eigenvalue weighted by Crippen LogP contribution is -2.25. The van der Waals surface area contributed by atoms with Crippen molar-refractivity contribution < 1.29 is 4.79 Å². The van der Waals surface area contributed by atoms with Crippen LogP contribution in [0.2, 0.25) is 0 Å². The van der Waals surface area contributed by atoms with Gasteiger partial charge in [0.05, 0.1) is 11.1 Å². The predicted molar refractivity (Wildman–Crippen MR) is 78.0 cm³/mol. The lowest BCUT2D eigenvalue weighted by atomic mass is 10.1. The van der Waals surface area contributed by atoms with Crippen molar-refractivity contribution in [2.75, 3.05) is 6.54 Å². The van der Waals surface area contributed by atoms with Crippen LogP contribution in [0, 0.1) is 6.92 Å². The molecule has 0 N–H and O–H groups in total. The van der Waals surface area contributed by atoms with E-state index in [1.54, 1.807) is 6.20 Å². The summed E-state index contributed by atoms with van der Waals surface area (Å²) in [6.45, 7) is 3.18. The largest absolute Gasteiger partial charge is 0.337 e. The first kappa shape index (κ1) is 13.2. The molecule has 1 aromatic carbocycles. The fraction of sp³-hybridized carbons (Fsp3) is 0.333. The number of benzene rings is 1. The topological polar surface area (TPSA) is 38.1 Å². The second-order valence-corrected chi connectivity index (χ2v) is 5.67. The minimum atomic E-state index is -0.0651. The van der Waals surface area contributed by atoms with E-state index in [-0.39, 0.29) is 11.3 Å². The average Bonchev–Trinajstić information content (AvgIpc) is 2.97. The van der Waals surface area contributed by atoms with Gasteiger partial charge in [-0.05, 0) is 18.6 Å². The summed E-state index contributed by atoms with van der Waals surface area (Å²) in [5.41, 5.74) is 2.17. The monoisotopic (exact) mass is 289 g/mol. The Morgan fingerprint density at radius 1 is 1.40 bits per heavy atom. The Bertz CT molecular complexity index is 638. The van der Waals surface area contributed by atoms with Crippen molar-refractivity contribution in [1.29, 1.82) is 0 Å². The van der Waals surface area contributed by atoms with E-state index < -0.39 is 0 Å². The van der Waals surface area contributed by atoms with Crippen molar-refractivity contribution in [3.8, 4) is 5.69 Å². The highest BCUT2D eigenvalue weighted by atomic mass is 35.5. The zero-order chi connectivity index (χ0) is 14.1. The highest BCUT2D eigenvalue weighted by Gasteiger charge is 2.28. The third-order valence-electron chi connectivity index (χ3n) is 3.61. The van der Waals surface area contributed by atoms with Crippen LogP contribution in [0.25, 0.3) is 5.69 Å². The maximum atomic E-state index is 11.9. The number of halogens is 1. The molecule has 3 rings (SSSR count). The smallest absolute Gasteiger partial charge is 0.224 e. The Morgan fingerprint density at radius 3 is 2.85 bits per heavy atom. The molecule has 0 aliphatic carbocycles. The molecular weight excluding hydrogens is 274 g/mol.